The molecule has 16 heavy (non-hydrogen) atoms. The lowest BCUT2D eigenvalue weighted by Gasteiger charge is -2.29. The highest BCUT2D eigenvalue weighted by atomic mass is 79.9. The van der Waals surface area contributed by atoms with E-state index < -0.39 is 0 Å². The number of nitrogens with two attached hydrogens (primary N) is 1. The fourth-order valence-electron chi connectivity index (χ4n) is 2.06. The van der Waals surface area contributed by atoms with Gasteiger partial charge in [-0.1, -0.05) is 11.6 Å². The summed E-state index contributed by atoms with van der Waals surface area (Å²) in [6.45, 7) is 0. The predicted molar refractivity (Wildman–Crippen MR) is 68.9 cm³/mol. The number of aromatic nitrogens is 3. The molecular formula is C9H16BrN5S. The van der Waals surface area contributed by atoms with Crippen molar-refractivity contribution in [2.75, 3.05) is 5.75 Å². The third-order valence-electron chi connectivity index (χ3n) is 2.89. The maximum absolute atomic E-state index is 5.68. The van der Waals surface area contributed by atoms with E-state index in [1.165, 1.54) is 25.0 Å². The van der Waals surface area contributed by atoms with Gasteiger partial charge in [0.05, 0.1) is 11.7 Å². The minimum atomic E-state index is 0.111. The Morgan fingerprint density at radius 3 is 2.94 bits per heavy atom. The van der Waals surface area contributed by atoms with Crippen LogP contribution >= 0.6 is 27.7 Å². The van der Waals surface area contributed by atoms with Crippen molar-refractivity contribution in [2.45, 2.75) is 30.6 Å². The first-order chi connectivity index (χ1) is 7.74. The van der Waals surface area contributed by atoms with Crippen LogP contribution in [0, 0.1) is 0 Å². The van der Waals surface area contributed by atoms with Crippen molar-refractivity contribution >= 4 is 27.7 Å². The lowest BCUT2D eigenvalue weighted by atomic mass is 10.1. The summed E-state index contributed by atoms with van der Waals surface area (Å²) in [4.78, 5) is 0. The van der Waals surface area contributed by atoms with E-state index in [4.69, 9.17) is 5.84 Å². The fraction of sp³-hybridized carbons (Fsp3) is 0.778. The van der Waals surface area contributed by atoms with Crippen LogP contribution in [0.15, 0.2) is 4.60 Å². The Hall–Kier alpha value is -0.110. The highest BCUT2D eigenvalue weighted by Crippen LogP contribution is 2.35. The van der Waals surface area contributed by atoms with Gasteiger partial charge in [-0.3, -0.25) is 11.3 Å². The number of nitrogens with one attached hydrogen (secondary N) is 1. The van der Waals surface area contributed by atoms with E-state index in [1.54, 1.807) is 4.68 Å². The molecule has 0 bridgehead atoms. The molecule has 3 N–H and O–H groups in total. The zero-order valence-electron chi connectivity index (χ0n) is 9.19. The molecule has 1 aromatic heterocycles. The molecule has 0 spiro atoms. The minimum Gasteiger partial charge on any atom is -0.271 e. The molecule has 7 heteroatoms. The monoisotopic (exact) mass is 305 g/mol. The van der Waals surface area contributed by atoms with Gasteiger partial charge in [0.15, 0.2) is 4.60 Å². The summed E-state index contributed by atoms with van der Waals surface area (Å²) in [6, 6.07) is 0.111. The third kappa shape index (κ3) is 2.42. The maximum atomic E-state index is 5.68. The van der Waals surface area contributed by atoms with E-state index in [2.05, 4.69) is 31.7 Å². The van der Waals surface area contributed by atoms with Crippen molar-refractivity contribution < 1.29 is 0 Å². The molecule has 90 valence electrons. The van der Waals surface area contributed by atoms with Crippen molar-refractivity contribution in [3.05, 3.63) is 10.3 Å². The van der Waals surface area contributed by atoms with Crippen LogP contribution < -0.4 is 11.3 Å². The van der Waals surface area contributed by atoms with Crippen LogP contribution in [-0.2, 0) is 7.05 Å². The molecule has 2 atom stereocenters. The van der Waals surface area contributed by atoms with Gasteiger partial charge >= 0.3 is 0 Å². The molecule has 1 aliphatic heterocycles. The molecule has 1 aromatic rings. The Morgan fingerprint density at radius 2 is 2.44 bits per heavy atom. The average Bonchev–Trinajstić information content (AvgIpc) is 2.63. The Bertz CT molecular complexity index is 330. The molecular weight excluding hydrogens is 290 g/mol. The fourth-order valence-corrected chi connectivity index (χ4v) is 4.04. The Labute approximate surface area is 108 Å². The topological polar surface area (TPSA) is 68.8 Å². The van der Waals surface area contributed by atoms with E-state index in [0.717, 1.165) is 10.3 Å². The Morgan fingerprint density at radius 1 is 1.62 bits per heavy atom. The van der Waals surface area contributed by atoms with Gasteiger partial charge in [-0.2, -0.15) is 11.8 Å². The molecule has 0 radical (unpaired) electrons. The first-order valence-electron chi connectivity index (χ1n) is 5.37. The van der Waals surface area contributed by atoms with E-state index >= 15 is 0 Å². The van der Waals surface area contributed by atoms with E-state index in [9.17, 15) is 0 Å². The molecule has 0 amide bonds. The van der Waals surface area contributed by atoms with Gasteiger partial charge in [-0.15, -0.1) is 5.10 Å². The summed E-state index contributed by atoms with van der Waals surface area (Å²) in [6.07, 6.45) is 3.78. The number of hydrazine groups is 1. The SMILES string of the molecule is Cn1nnc(Br)c1C(NN)C1CCCCS1. The molecule has 0 saturated carbocycles. The van der Waals surface area contributed by atoms with Gasteiger partial charge < -0.3 is 0 Å². The van der Waals surface area contributed by atoms with Crippen molar-refractivity contribution in [1.82, 2.24) is 20.4 Å². The zero-order valence-corrected chi connectivity index (χ0v) is 11.6. The summed E-state index contributed by atoms with van der Waals surface area (Å²) in [5.74, 6) is 6.89. The van der Waals surface area contributed by atoms with Crippen LogP contribution in [0.2, 0.25) is 0 Å². The summed E-state index contributed by atoms with van der Waals surface area (Å²) >= 11 is 5.41. The van der Waals surface area contributed by atoms with Crippen LogP contribution in [-0.4, -0.2) is 26.0 Å². The van der Waals surface area contributed by atoms with E-state index in [1.807, 2.05) is 18.8 Å². The molecule has 2 rings (SSSR count). The first kappa shape index (κ1) is 12.3. The summed E-state index contributed by atoms with van der Waals surface area (Å²) in [7, 11) is 1.89. The van der Waals surface area contributed by atoms with Crippen LogP contribution in [0.25, 0.3) is 0 Å². The van der Waals surface area contributed by atoms with Crippen LogP contribution in [0.5, 0.6) is 0 Å². The number of hydrogen-bond acceptors (Lipinski definition) is 5. The van der Waals surface area contributed by atoms with Gasteiger partial charge in [-0.05, 0) is 34.5 Å². The molecule has 0 aliphatic carbocycles. The van der Waals surface area contributed by atoms with Gasteiger partial charge in [0, 0.05) is 12.3 Å². The second-order valence-corrected chi connectivity index (χ2v) is 6.04. The molecule has 1 fully saturated rings. The van der Waals surface area contributed by atoms with Gasteiger partial charge in [0.1, 0.15) is 0 Å². The minimum absolute atomic E-state index is 0.111. The predicted octanol–water partition coefficient (Wildman–Crippen LogP) is 1.37. The summed E-state index contributed by atoms with van der Waals surface area (Å²) in [5.41, 5.74) is 3.93. The lowest BCUT2D eigenvalue weighted by Crippen LogP contribution is -2.37. The third-order valence-corrected chi connectivity index (χ3v) is 4.91. The van der Waals surface area contributed by atoms with Gasteiger partial charge in [0.2, 0.25) is 0 Å². The van der Waals surface area contributed by atoms with Crippen LogP contribution in [0.3, 0.4) is 0 Å². The number of halogens is 1. The number of rotatable bonds is 3. The average molecular weight is 306 g/mol. The van der Waals surface area contributed by atoms with Crippen molar-refractivity contribution in [2.24, 2.45) is 12.9 Å². The summed E-state index contributed by atoms with van der Waals surface area (Å²) < 4.78 is 2.56. The van der Waals surface area contributed by atoms with Crippen molar-refractivity contribution in [3.63, 3.8) is 0 Å². The molecule has 2 heterocycles. The molecule has 0 aromatic carbocycles. The molecule has 1 saturated heterocycles. The Balaban J connectivity index is 2.21. The first-order valence-corrected chi connectivity index (χ1v) is 7.21. The number of hydrogen-bond donors (Lipinski definition) is 2. The summed E-state index contributed by atoms with van der Waals surface area (Å²) in [5, 5.41) is 8.51. The number of thioether (sulfide) groups is 1. The molecule has 2 unspecified atom stereocenters. The molecule has 1 aliphatic rings. The highest BCUT2D eigenvalue weighted by molar-refractivity contribution is 9.10. The van der Waals surface area contributed by atoms with E-state index in [0.29, 0.717) is 5.25 Å². The Kier molecular flexibility index (Phi) is 4.23. The normalized spacial score (nSPS) is 23.3. The second kappa shape index (κ2) is 5.48. The lowest BCUT2D eigenvalue weighted by molar-refractivity contribution is 0.461. The standard InChI is InChI=1S/C9H16BrN5S/c1-15-8(9(10)13-14-15)7(12-11)6-4-2-3-5-16-6/h6-7,12H,2-5,11H2,1H3. The smallest absolute Gasteiger partial charge is 0.153 e. The van der Waals surface area contributed by atoms with Crippen molar-refractivity contribution in [3.8, 4) is 0 Å². The second-order valence-electron chi connectivity index (χ2n) is 3.94. The van der Waals surface area contributed by atoms with Gasteiger partial charge in [-0.25, -0.2) is 4.68 Å². The zero-order chi connectivity index (χ0) is 11.5. The maximum Gasteiger partial charge on any atom is 0.153 e. The number of nitrogens with zero attached hydrogens (tertiary/aromatic N) is 3. The largest absolute Gasteiger partial charge is 0.271 e. The van der Waals surface area contributed by atoms with Gasteiger partial charge in [0.25, 0.3) is 0 Å². The number of aryl methyl sites for hydroxylation is 1. The van der Waals surface area contributed by atoms with E-state index in [-0.39, 0.29) is 6.04 Å². The molecule has 5 nitrogen and oxygen atoms in total. The highest BCUT2D eigenvalue weighted by Gasteiger charge is 2.29. The van der Waals surface area contributed by atoms with Crippen LogP contribution in [0.4, 0.5) is 0 Å². The quantitative estimate of drug-likeness (QED) is 0.652. The van der Waals surface area contributed by atoms with Crippen molar-refractivity contribution in [1.29, 1.82) is 0 Å². The van der Waals surface area contributed by atoms with Crippen LogP contribution in [0.1, 0.15) is 31.0 Å².